The number of sulfonamides is 1. The highest BCUT2D eigenvalue weighted by molar-refractivity contribution is 7.89. The number of nitrogens with zero attached hydrogens (tertiary/aromatic N) is 3. The molecule has 1 aromatic heterocycles. The lowest BCUT2D eigenvalue weighted by Crippen LogP contribution is -2.45. The van der Waals surface area contributed by atoms with Crippen molar-refractivity contribution in [3.8, 4) is 0 Å². The maximum atomic E-state index is 13.0. The number of hydrogen-bond acceptors (Lipinski definition) is 5. The van der Waals surface area contributed by atoms with Crippen molar-refractivity contribution in [3.05, 3.63) is 10.8 Å². The molecule has 9 heteroatoms. The van der Waals surface area contributed by atoms with Crippen LogP contribution in [-0.4, -0.2) is 47.7 Å². The van der Waals surface area contributed by atoms with Crippen LogP contribution in [0.15, 0.2) is 4.90 Å². The van der Waals surface area contributed by atoms with Gasteiger partial charge in [0.25, 0.3) is 0 Å². The maximum Gasteiger partial charge on any atom is 0.307 e. The highest BCUT2D eigenvalue weighted by Crippen LogP contribution is 2.32. The van der Waals surface area contributed by atoms with Gasteiger partial charge in [0, 0.05) is 19.6 Å². The van der Waals surface area contributed by atoms with E-state index in [0.717, 1.165) is 12.8 Å². The molecule has 0 N–H and O–H groups in total. The van der Waals surface area contributed by atoms with Gasteiger partial charge in [-0.2, -0.15) is 9.40 Å². The first-order valence-corrected chi connectivity index (χ1v) is 9.47. The van der Waals surface area contributed by atoms with Crippen molar-refractivity contribution in [1.29, 1.82) is 0 Å². The topological polar surface area (TPSA) is 81.5 Å². The molecule has 1 saturated heterocycles. The third kappa shape index (κ3) is 3.70. The van der Waals surface area contributed by atoms with Crippen LogP contribution in [0.5, 0.6) is 0 Å². The van der Waals surface area contributed by atoms with Crippen LogP contribution in [0.3, 0.4) is 0 Å². The van der Waals surface area contributed by atoms with Gasteiger partial charge in [-0.15, -0.1) is 0 Å². The minimum absolute atomic E-state index is 0.0254. The van der Waals surface area contributed by atoms with Gasteiger partial charge in [-0.3, -0.25) is 9.48 Å². The second-order valence-electron chi connectivity index (χ2n) is 5.60. The van der Waals surface area contributed by atoms with E-state index in [1.807, 2.05) is 0 Å². The molecule has 1 aliphatic rings. The molecule has 1 atom stereocenters. The molecule has 130 valence electrons. The van der Waals surface area contributed by atoms with Crippen LogP contribution < -0.4 is 0 Å². The van der Waals surface area contributed by atoms with Crippen LogP contribution in [0.2, 0.25) is 5.15 Å². The van der Waals surface area contributed by atoms with Crippen LogP contribution in [-0.2, 0) is 26.6 Å². The summed E-state index contributed by atoms with van der Waals surface area (Å²) in [4.78, 5) is 11.8. The second-order valence-corrected chi connectivity index (χ2v) is 7.79. The Balaban J connectivity index is 2.33. The molecule has 2 rings (SSSR count). The van der Waals surface area contributed by atoms with Gasteiger partial charge in [0.15, 0.2) is 0 Å². The molecule has 0 aliphatic carbocycles. The molecular weight excluding hydrogens is 342 g/mol. The van der Waals surface area contributed by atoms with E-state index >= 15 is 0 Å². The zero-order chi connectivity index (χ0) is 17.2. The zero-order valence-corrected chi connectivity index (χ0v) is 15.2. The number of rotatable bonds is 5. The highest BCUT2D eigenvalue weighted by atomic mass is 35.5. The van der Waals surface area contributed by atoms with Gasteiger partial charge in [0.1, 0.15) is 10.0 Å². The second kappa shape index (κ2) is 7.19. The van der Waals surface area contributed by atoms with Crippen LogP contribution in [0.1, 0.15) is 38.3 Å². The summed E-state index contributed by atoms with van der Waals surface area (Å²) >= 11 is 6.12. The van der Waals surface area contributed by atoms with Gasteiger partial charge in [0.05, 0.1) is 18.7 Å². The van der Waals surface area contributed by atoms with Crippen LogP contribution in [0, 0.1) is 6.92 Å². The van der Waals surface area contributed by atoms with Crippen molar-refractivity contribution in [2.45, 2.75) is 50.5 Å². The Hall–Kier alpha value is -1.12. The third-order valence-corrected chi connectivity index (χ3v) is 6.60. The number of aromatic nitrogens is 2. The number of piperidine rings is 1. The summed E-state index contributed by atoms with van der Waals surface area (Å²) in [6, 6.07) is -0.400. The fourth-order valence-corrected chi connectivity index (χ4v) is 5.33. The van der Waals surface area contributed by atoms with E-state index in [4.69, 9.17) is 16.3 Å². The molecule has 0 spiro atoms. The molecule has 1 aliphatic heterocycles. The first kappa shape index (κ1) is 18.2. The van der Waals surface area contributed by atoms with Crippen molar-refractivity contribution in [1.82, 2.24) is 14.1 Å². The number of carbonyl (C=O) groups is 1. The summed E-state index contributed by atoms with van der Waals surface area (Å²) in [7, 11) is -2.20. The van der Waals surface area contributed by atoms with Crippen LogP contribution in [0.25, 0.3) is 0 Å². The first-order valence-electron chi connectivity index (χ1n) is 7.65. The molecule has 23 heavy (non-hydrogen) atoms. The normalized spacial score (nSPS) is 19.7. The maximum absolute atomic E-state index is 13.0. The van der Waals surface area contributed by atoms with Crippen LogP contribution >= 0.6 is 11.6 Å². The number of ether oxygens (including phenoxy) is 1. The molecule has 2 heterocycles. The van der Waals surface area contributed by atoms with Crippen molar-refractivity contribution < 1.29 is 17.9 Å². The molecular formula is C14H22ClN3O4S. The lowest BCUT2D eigenvalue weighted by Gasteiger charge is -2.34. The fourth-order valence-electron chi connectivity index (χ4n) is 2.93. The predicted molar refractivity (Wildman–Crippen MR) is 85.7 cm³/mol. The Morgan fingerprint density at radius 2 is 2.13 bits per heavy atom. The summed E-state index contributed by atoms with van der Waals surface area (Å²) in [6.07, 6.45) is 2.34. The lowest BCUT2D eigenvalue weighted by atomic mass is 10.0. The molecule has 0 saturated carbocycles. The number of aryl methyl sites for hydroxylation is 2. The number of halogens is 1. The molecule has 1 aromatic rings. The molecule has 0 unspecified atom stereocenters. The van der Waals surface area contributed by atoms with E-state index in [9.17, 15) is 13.2 Å². The molecule has 0 aromatic carbocycles. The van der Waals surface area contributed by atoms with Gasteiger partial charge in [0.2, 0.25) is 10.0 Å². The number of hydrogen-bond donors (Lipinski definition) is 0. The van der Waals surface area contributed by atoms with Crippen molar-refractivity contribution >= 4 is 27.6 Å². The van der Waals surface area contributed by atoms with Gasteiger partial charge >= 0.3 is 5.97 Å². The fraction of sp³-hybridized carbons (Fsp3) is 0.714. The van der Waals surface area contributed by atoms with E-state index in [1.54, 1.807) is 20.9 Å². The average Bonchev–Trinajstić information content (AvgIpc) is 2.73. The molecule has 0 amide bonds. The van der Waals surface area contributed by atoms with Gasteiger partial charge in [-0.1, -0.05) is 18.0 Å². The van der Waals surface area contributed by atoms with E-state index in [2.05, 4.69) is 5.10 Å². The van der Waals surface area contributed by atoms with Gasteiger partial charge in [-0.25, -0.2) is 8.42 Å². The Morgan fingerprint density at radius 1 is 1.43 bits per heavy atom. The molecule has 0 bridgehead atoms. The number of carbonyl (C=O) groups excluding carboxylic acids is 1. The summed E-state index contributed by atoms with van der Waals surface area (Å²) < 4.78 is 33.7. The summed E-state index contributed by atoms with van der Waals surface area (Å²) in [6.45, 7) is 4.00. The highest BCUT2D eigenvalue weighted by Gasteiger charge is 2.38. The van der Waals surface area contributed by atoms with E-state index in [1.165, 1.54) is 8.99 Å². The minimum Gasteiger partial charge on any atom is -0.466 e. The Morgan fingerprint density at radius 3 is 2.70 bits per heavy atom. The largest absolute Gasteiger partial charge is 0.466 e. The van der Waals surface area contributed by atoms with E-state index < -0.39 is 16.1 Å². The molecule has 0 radical (unpaired) electrons. The Bertz CT molecular complexity index is 686. The summed E-state index contributed by atoms with van der Waals surface area (Å²) in [5, 5.41) is 4.16. The number of esters is 1. The minimum atomic E-state index is -3.80. The van der Waals surface area contributed by atoms with Gasteiger partial charge in [-0.05, 0) is 26.7 Å². The van der Waals surface area contributed by atoms with Crippen molar-refractivity contribution in [2.75, 3.05) is 13.2 Å². The Kier molecular flexibility index (Phi) is 5.70. The first-order chi connectivity index (χ1) is 10.8. The standard InChI is InChI=1S/C14H22ClN3O4S/c1-4-22-12(19)9-11-7-5-6-8-18(11)23(20,21)13-10(2)16-17(3)14(13)15/h11H,4-9H2,1-3H3/t11-/m0/s1. The zero-order valence-electron chi connectivity index (χ0n) is 13.6. The third-order valence-electron chi connectivity index (χ3n) is 3.95. The predicted octanol–water partition coefficient (Wildman–Crippen LogP) is 1.88. The summed E-state index contributed by atoms with van der Waals surface area (Å²) in [5.74, 6) is -0.381. The van der Waals surface area contributed by atoms with Gasteiger partial charge < -0.3 is 4.74 Å². The van der Waals surface area contributed by atoms with E-state index in [0.29, 0.717) is 18.7 Å². The SMILES string of the molecule is CCOC(=O)C[C@@H]1CCCCN1S(=O)(=O)c1c(C)nn(C)c1Cl. The average molecular weight is 364 g/mol. The smallest absolute Gasteiger partial charge is 0.307 e. The quantitative estimate of drug-likeness (QED) is 0.746. The summed E-state index contributed by atoms with van der Waals surface area (Å²) in [5.41, 5.74) is 0.359. The molecule has 1 fully saturated rings. The Labute approximate surface area is 141 Å². The monoisotopic (exact) mass is 363 g/mol. The van der Waals surface area contributed by atoms with E-state index in [-0.39, 0.29) is 29.0 Å². The lowest BCUT2D eigenvalue weighted by molar-refractivity contribution is -0.144. The van der Waals surface area contributed by atoms with Crippen molar-refractivity contribution in [3.63, 3.8) is 0 Å². The van der Waals surface area contributed by atoms with Crippen LogP contribution in [0.4, 0.5) is 0 Å². The molecule has 7 nitrogen and oxygen atoms in total. The van der Waals surface area contributed by atoms with Crippen molar-refractivity contribution in [2.24, 2.45) is 7.05 Å².